The minimum atomic E-state index is -1.14. The molecule has 0 fully saturated rings. The van der Waals surface area contributed by atoms with Crippen molar-refractivity contribution in [1.82, 2.24) is 14.9 Å². The second-order valence-electron chi connectivity index (χ2n) is 6.94. The summed E-state index contributed by atoms with van der Waals surface area (Å²) in [7, 11) is 0. The average molecular weight is 386 g/mol. The highest BCUT2D eigenvalue weighted by atomic mass is 16.2. The summed E-state index contributed by atoms with van der Waals surface area (Å²) >= 11 is 0. The van der Waals surface area contributed by atoms with Crippen molar-refractivity contribution in [3.63, 3.8) is 0 Å². The average Bonchev–Trinajstić information content (AvgIpc) is 3.26. The van der Waals surface area contributed by atoms with E-state index in [9.17, 15) is 19.6 Å². The number of amides is 2. The molecule has 7 heteroatoms. The summed E-state index contributed by atoms with van der Waals surface area (Å²) in [6.07, 6.45) is 1.58. The number of unbranched alkanes of at least 4 members (excludes halogenated alkanes) is 1. The van der Waals surface area contributed by atoms with Gasteiger partial charge in [0, 0.05) is 12.1 Å². The number of aromatic amines is 1. The predicted octanol–water partition coefficient (Wildman–Crippen LogP) is 3.45. The van der Waals surface area contributed by atoms with Crippen LogP contribution in [0, 0.1) is 11.3 Å². The summed E-state index contributed by atoms with van der Waals surface area (Å²) in [4.78, 5) is 46.7. The number of hydrogen-bond donors (Lipinski definition) is 1. The zero-order valence-electron chi connectivity index (χ0n) is 15.8. The number of fused-ring (bicyclic) bond motifs is 2. The van der Waals surface area contributed by atoms with Crippen LogP contribution in [0.25, 0.3) is 11.0 Å². The number of nitrogens with one attached hydrogen (secondary N) is 1. The second kappa shape index (κ2) is 7.32. The topological polar surface area (TPSA) is 107 Å². The molecule has 144 valence electrons. The molecule has 0 saturated carbocycles. The van der Waals surface area contributed by atoms with E-state index >= 15 is 0 Å². The van der Waals surface area contributed by atoms with E-state index in [4.69, 9.17) is 0 Å². The van der Waals surface area contributed by atoms with E-state index in [0.717, 1.165) is 18.4 Å². The van der Waals surface area contributed by atoms with Crippen molar-refractivity contribution in [2.45, 2.75) is 25.7 Å². The van der Waals surface area contributed by atoms with Gasteiger partial charge in [0.1, 0.15) is 5.82 Å². The smallest absolute Gasteiger partial charge is 0.261 e. The SMILES string of the molecule is CCCCN1C(=O)c2ccc(C(=O)[C@H](C#N)c3nc4ccccc4[nH]3)cc2C1=O. The molecule has 2 aromatic carbocycles. The first-order valence-corrected chi connectivity index (χ1v) is 9.44. The van der Waals surface area contributed by atoms with Gasteiger partial charge in [0.05, 0.1) is 28.2 Å². The number of benzene rings is 2. The molecule has 3 aromatic rings. The number of carbonyl (C=O) groups is 3. The summed E-state index contributed by atoms with van der Waals surface area (Å²) < 4.78 is 0. The van der Waals surface area contributed by atoms with Crippen LogP contribution >= 0.6 is 0 Å². The Kier molecular flexibility index (Phi) is 4.69. The van der Waals surface area contributed by atoms with Crippen LogP contribution in [0.3, 0.4) is 0 Å². The van der Waals surface area contributed by atoms with Gasteiger partial charge in [-0.15, -0.1) is 0 Å². The maximum atomic E-state index is 13.0. The van der Waals surface area contributed by atoms with Gasteiger partial charge in [-0.05, 0) is 30.7 Å². The molecule has 2 heterocycles. The Labute approximate surface area is 167 Å². The molecule has 1 aliphatic heterocycles. The molecule has 0 bridgehead atoms. The minimum absolute atomic E-state index is 0.203. The summed E-state index contributed by atoms with van der Waals surface area (Å²) in [6, 6.07) is 13.6. The molecule has 1 atom stereocenters. The Morgan fingerprint density at radius 3 is 2.66 bits per heavy atom. The zero-order valence-corrected chi connectivity index (χ0v) is 15.8. The fourth-order valence-corrected chi connectivity index (χ4v) is 3.48. The lowest BCUT2D eigenvalue weighted by Crippen LogP contribution is -2.30. The summed E-state index contributed by atoms with van der Waals surface area (Å²) in [5.41, 5.74) is 2.10. The molecule has 0 unspecified atom stereocenters. The van der Waals surface area contributed by atoms with E-state index in [1.54, 1.807) is 6.07 Å². The fourth-order valence-electron chi connectivity index (χ4n) is 3.48. The number of rotatable bonds is 6. The lowest BCUT2D eigenvalue weighted by atomic mass is 9.95. The Balaban J connectivity index is 1.66. The highest BCUT2D eigenvalue weighted by molar-refractivity contribution is 6.22. The van der Waals surface area contributed by atoms with Gasteiger partial charge in [0.15, 0.2) is 11.7 Å². The standard InChI is InChI=1S/C22H18N4O3/c1-2-3-10-26-21(28)14-9-8-13(11-15(14)22(26)29)19(27)16(12-23)20-24-17-6-4-5-7-18(17)25-20/h4-9,11,16H,2-3,10H2,1H3,(H,24,25)/t16-/m0/s1. The number of nitriles is 1. The third kappa shape index (κ3) is 3.09. The Morgan fingerprint density at radius 2 is 1.93 bits per heavy atom. The quantitative estimate of drug-likeness (QED) is 0.516. The molecule has 2 amide bonds. The van der Waals surface area contributed by atoms with E-state index in [-0.39, 0.29) is 22.9 Å². The Bertz CT molecular complexity index is 1160. The van der Waals surface area contributed by atoms with Crippen LogP contribution in [0.2, 0.25) is 0 Å². The molecular formula is C22H18N4O3. The Morgan fingerprint density at radius 1 is 1.17 bits per heavy atom. The van der Waals surface area contributed by atoms with Crippen molar-refractivity contribution in [2.24, 2.45) is 0 Å². The molecular weight excluding hydrogens is 368 g/mol. The molecule has 0 radical (unpaired) electrons. The maximum Gasteiger partial charge on any atom is 0.261 e. The van der Waals surface area contributed by atoms with E-state index in [0.29, 0.717) is 17.6 Å². The molecule has 7 nitrogen and oxygen atoms in total. The van der Waals surface area contributed by atoms with Crippen LogP contribution in [-0.4, -0.2) is 39.0 Å². The van der Waals surface area contributed by atoms with Gasteiger partial charge in [-0.1, -0.05) is 31.5 Å². The van der Waals surface area contributed by atoms with Crippen LogP contribution in [-0.2, 0) is 0 Å². The van der Waals surface area contributed by atoms with E-state index in [1.807, 2.05) is 31.2 Å². The number of imide groups is 1. The minimum Gasteiger partial charge on any atom is -0.340 e. The monoisotopic (exact) mass is 386 g/mol. The van der Waals surface area contributed by atoms with Crippen LogP contribution in [0.15, 0.2) is 42.5 Å². The normalized spacial score (nSPS) is 14.1. The lowest BCUT2D eigenvalue weighted by molar-refractivity contribution is 0.0652. The van der Waals surface area contributed by atoms with Crippen molar-refractivity contribution in [2.75, 3.05) is 6.54 Å². The third-order valence-electron chi connectivity index (χ3n) is 5.06. The van der Waals surface area contributed by atoms with Gasteiger partial charge < -0.3 is 4.98 Å². The van der Waals surface area contributed by atoms with Crippen molar-refractivity contribution >= 4 is 28.6 Å². The molecule has 1 aromatic heterocycles. The van der Waals surface area contributed by atoms with E-state index in [1.165, 1.54) is 23.1 Å². The number of H-pyrrole nitrogens is 1. The highest BCUT2D eigenvalue weighted by Crippen LogP contribution is 2.27. The number of Topliss-reactive ketones (excluding diaryl/α,β-unsaturated/α-hetero) is 1. The number of hydrogen-bond acceptors (Lipinski definition) is 5. The predicted molar refractivity (Wildman–Crippen MR) is 105 cm³/mol. The molecule has 1 N–H and O–H groups in total. The largest absolute Gasteiger partial charge is 0.340 e. The van der Waals surface area contributed by atoms with Crippen LogP contribution in [0.4, 0.5) is 0 Å². The van der Waals surface area contributed by atoms with E-state index in [2.05, 4.69) is 9.97 Å². The summed E-state index contributed by atoms with van der Waals surface area (Å²) in [5, 5.41) is 9.60. The molecule has 0 spiro atoms. The van der Waals surface area contributed by atoms with Gasteiger partial charge in [0.25, 0.3) is 11.8 Å². The molecule has 1 aliphatic rings. The van der Waals surface area contributed by atoms with Crippen LogP contribution < -0.4 is 0 Å². The second-order valence-corrected chi connectivity index (χ2v) is 6.94. The molecule has 29 heavy (non-hydrogen) atoms. The van der Waals surface area contributed by atoms with Crippen molar-refractivity contribution in [3.05, 3.63) is 65.0 Å². The molecule has 0 aliphatic carbocycles. The summed E-state index contributed by atoms with van der Waals surface area (Å²) in [5.74, 6) is -2.09. The first-order valence-electron chi connectivity index (χ1n) is 9.44. The fraction of sp³-hybridized carbons (Fsp3) is 0.227. The number of para-hydroxylation sites is 2. The number of nitrogens with zero attached hydrogens (tertiary/aromatic N) is 3. The molecule has 0 saturated heterocycles. The third-order valence-corrected chi connectivity index (χ3v) is 5.06. The van der Waals surface area contributed by atoms with Gasteiger partial charge in [-0.2, -0.15) is 5.26 Å². The number of aromatic nitrogens is 2. The lowest BCUT2D eigenvalue weighted by Gasteiger charge is -2.12. The van der Waals surface area contributed by atoms with Gasteiger partial charge in [-0.3, -0.25) is 19.3 Å². The van der Waals surface area contributed by atoms with Crippen LogP contribution in [0.1, 0.15) is 62.6 Å². The van der Waals surface area contributed by atoms with Gasteiger partial charge >= 0.3 is 0 Å². The van der Waals surface area contributed by atoms with Gasteiger partial charge in [0.2, 0.25) is 0 Å². The highest BCUT2D eigenvalue weighted by Gasteiger charge is 2.36. The maximum absolute atomic E-state index is 13.0. The van der Waals surface area contributed by atoms with Crippen molar-refractivity contribution in [1.29, 1.82) is 5.26 Å². The number of ketones is 1. The van der Waals surface area contributed by atoms with Crippen molar-refractivity contribution < 1.29 is 14.4 Å². The Hall–Kier alpha value is -3.79. The van der Waals surface area contributed by atoms with Gasteiger partial charge in [-0.25, -0.2) is 4.98 Å². The summed E-state index contributed by atoms with van der Waals surface area (Å²) in [6.45, 7) is 2.33. The molecule has 4 rings (SSSR count). The first kappa shape index (κ1) is 18.6. The zero-order chi connectivity index (χ0) is 20.5. The number of carbonyl (C=O) groups excluding carboxylic acids is 3. The van der Waals surface area contributed by atoms with Crippen LogP contribution in [0.5, 0.6) is 0 Å². The number of imidazole rings is 1. The van der Waals surface area contributed by atoms with E-state index < -0.39 is 17.6 Å². The first-order chi connectivity index (χ1) is 14.0. The van der Waals surface area contributed by atoms with Crippen molar-refractivity contribution in [3.8, 4) is 6.07 Å².